The molecular weight excluding hydrogens is 474 g/mol. The lowest BCUT2D eigenvalue weighted by molar-refractivity contribution is 1.09. The number of nitrogens with one attached hydrogen (secondary N) is 3. The lowest BCUT2D eigenvalue weighted by atomic mass is 10.2. The molecule has 3 aromatic heterocycles. The van der Waals surface area contributed by atoms with Gasteiger partial charge in [-0.05, 0) is 73.0 Å². The van der Waals surface area contributed by atoms with Gasteiger partial charge in [-0.25, -0.2) is 0 Å². The zero-order valence-electron chi connectivity index (χ0n) is 26.4. The highest BCUT2D eigenvalue weighted by Gasteiger charge is 1.95. The highest BCUT2D eigenvalue weighted by Crippen LogP contribution is 2.16. The first-order chi connectivity index (χ1) is 19.0. The average molecular weight is 528 g/mol. The molecule has 0 saturated carbocycles. The van der Waals surface area contributed by atoms with Gasteiger partial charge in [0.05, 0.1) is 0 Å². The number of para-hydroxylation sites is 2. The molecule has 0 radical (unpaired) electrons. The lowest BCUT2D eigenvalue weighted by Crippen LogP contribution is -1.72. The second-order valence-corrected chi connectivity index (χ2v) is 8.31. The van der Waals surface area contributed by atoms with Crippen LogP contribution < -0.4 is 0 Å². The molecule has 0 aliphatic carbocycles. The van der Waals surface area contributed by atoms with Gasteiger partial charge in [0.15, 0.2) is 0 Å². The van der Waals surface area contributed by atoms with E-state index in [1.54, 1.807) is 0 Å². The monoisotopic (exact) mass is 527 g/mol. The minimum Gasteiger partial charge on any atom is -0.361 e. The summed E-state index contributed by atoms with van der Waals surface area (Å²) in [5.41, 5.74) is 7.62. The molecular formula is C36H53N3. The number of fused-ring (bicyclic) bond motifs is 3. The number of rotatable bonds is 0. The van der Waals surface area contributed by atoms with E-state index in [9.17, 15) is 0 Å². The van der Waals surface area contributed by atoms with Crippen LogP contribution in [0.2, 0.25) is 0 Å². The van der Waals surface area contributed by atoms with Crippen molar-refractivity contribution in [3.63, 3.8) is 0 Å². The lowest BCUT2D eigenvalue weighted by Gasteiger charge is -1.92. The number of hydrogen-bond acceptors (Lipinski definition) is 0. The molecule has 6 rings (SSSR count). The molecule has 0 aliphatic rings. The summed E-state index contributed by atoms with van der Waals surface area (Å²) >= 11 is 0. The van der Waals surface area contributed by atoms with Crippen LogP contribution in [0.1, 0.15) is 78.5 Å². The summed E-state index contributed by atoms with van der Waals surface area (Å²) in [6.07, 6.45) is 7.21. The van der Waals surface area contributed by atoms with Crippen molar-refractivity contribution in [2.75, 3.05) is 0 Å². The van der Waals surface area contributed by atoms with Crippen molar-refractivity contribution in [3.05, 3.63) is 108 Å². The predicted octanol–water partition coefficient (Wildman–Crippen LogP) is 11.9. The molecule has 0 fully saturated rings. The second-order valence-electron chi connectivity index (χ2n) is 8.31. The molecule has 3 aromatic carbocycles. The molecule has 0 aliphatic heterocycles. The van der Waals surface area contributed by atoms with E-state index in [2.05, 4.69) is 116 Å². The molecule has 0 unspecified atom stereocenters. The summed E-state index contributed by atoms with van der Waals surface area (Å²) in [5, 5.41) is 3.91. The van der Waals surface area contributed by atoms with Crippen LogP contribution in [0.15, 0.2) is 91.4 Å². The number of hydrogen-bond donors (Lipinski definition) is 3. The third-order valence-electron chi connectivity index (χ3n) is 5.30. The van der Waals surface area contributed by atoms with E-state index in [0.717, 1.165) is 0 Å². The Labute approximate surface area is 238 Å². The highest BCUT2D eigenvalue weighted by molar-refractivity contribution is 5.83. The maximum atomic E-state index is 3.19. The first-order valence-corrected chi connectivity index (χ1v) is 14.6. The molecule has 3 heterocycles. The Morgan fingerprint density at radius 3 is 1.79 bits per heavy atom. The third kappa shape index (κ3) is 11.7. The van der Waals surface area contributed by atoms with Gasteiger partial charge >= 0.3 is 0 Å². The first-order valence-electron chi connectivity index (χ1n) is 14.6. The smallest absolute Gasteiger partial charge is 0.0483 e. The van der Waals surface area contributed by atoms with E-state index in [4.69, 9.17) is 0 Å². The molecule has 0 spiro atoms. The minimum atomic E-state index is 1.21. The van der Waals surface area contributed by atoms with Gasteiger partial charge in [-0.1, -0.05) is 110 Å². The van der Waals surface area contributed by atoms with E-state index in [1.165, 1.54) is 55.8 Å². The predicted molar refractivity (Wildman–Crippen MR) is 179 cm³/mol. The van der Waals surface area contributed by atoms with Gasteiger partial charge in [0.2, 0.25) is 0 Å². The van der Waals surface area contributed by atoms with E-state index in [-0.39, 0.29) is 0 Å². The van der Waals surface area contributed by atoms with E-state index >= 15 is 0 Å². The standard InChI is InChI=1S/3C9H9N.C3H8.3C2H6/c1-7-2-3-9-8(6-7)4-5-10-9;1-7-3-2-4-8-5-6-10-9(7)8;1-7-6-10-9-5-3-2-4-8(7)9;1-3-2;3*1-2/h3*2-6,10H,1H3;3H2,1-2H3;3*1-2H3. The van der Waals surface area contributed by atoms with Crippen molar-refractivity contribution in [3.8, 4) is 0 Å². The van der Waals surface area contributed by atoms with Crippen LogP contribution >= 0.6 is 0 Å². The molecule has 0 bridgehead atoms. The first kappa shape index (κ1) is 35.3. The fraction of sp³-hybridized carbons (Fsp3) is 0.333. The second kappa shape index (κ2) is 21.2. The summed E-state index contributed by atoms with van der Waals surface area (Å²) in [6, 6.07) is 25.2. The minimum absolute atomic E-state index is 1.21. The Balaban J connectivity index is 0.000000484. The van der Waals surface area contributed by atoms with Gasteiger partial charge in [0, 0.05) is 40.5 Å². The molecule has 0 atom stereocenters. The van der Waals surface area contributed by atoms with Crippen molar-refractivity contribution in [1.82, 2.24) is 15.0 Å². The fourth-order valence-electron chi connectivity index (χ4n) is 3.63. The molecule has 39 heavy (non-hydrogen) atoms. The van der Waals surface area contributed by atoms with Crippen LogP contribution in [-0.4, -0.2) is 15.0 Å². The van der Waals surface area contributed by atoms with Crippen molar-refractivity contribution >= 4 is 32.7 Å². The number of aromatic amines is 3. The normalized spacial score (nSPS) is 9.00. The number of H-pyrrole nitrogens is 3. The fourth-order valence-corrected chi connectivity index (χ4v) is 3.63. The van der Waals surface area contributed by atoms with Gasteiger partial charge in [0.25, 0.3) is 0 Å². The maximum absolute atomic E-state index is 3.19. The quantitative estimate of drug-likeness (QED) is 0.176. The maximum Gasteiger partial charge on any atom is 0.0483 e. The Kier molecular flexibility index (Phi) is 19.2. The summed E-state index contributed by atoms with van der Waals surface area (Å²) in [7, 11) is 0. The zero-order valence-corrected chi connectivity index (χ0v) is 26.4. The molecule has 0 amide bonds. The molecule has 3 N–H and O–H groups in total. The van der Waals surface area contributed by atoms with Crippen LogP contribution in [0.4, 0.5) is 0 Å². The Morgan fingerprint density at radius 2 is 1.15 bits per heavy atom. The van der Waals surface area contributed by atoms with Gasteiger partial charge in [-0.15, -0.1) is 0 Å². The summed E-state index contributed by atoms with van der Waals surface area (Å²) in [6.45, 7) is 22.6. The van der Waals surface area contributed by atoms with Crippen LogP contribution in [0, 0.1) is 20.8 Å². The van der Waals surface area contributed by atoms with Gasteiger partial charge in [0.1, 0.15) is 0 Å². The summed E-state index contributed by atoms with van der Waals surface area (Å²) in [4.78, 5) is 9.52. The Hall–Kier alpha value is -3.72. The van der Waals surface area contributed by atoms with Crippen LogP contribution in [0.25, 0.3) is 32.7 Å². The molecule has 3 heteroatoms. The van der Waals surface area contributed by atoms with Crippen LogP contribution in [0.3, 0.4) is 0 Å². The number of benzene rings is 3. The SMILES string of the molecule is CC.CC.CC.CCC.Cc1c[nH]c2ccccc12.Cc1ccc2[nH]ccc2c1.Cc1cccc2cc[nH]c12. The van der Waals surface area contributed by atoms with Gasteiger partial charge in [-0.3, -0.25) is 0 Å². The highest BCUT2D eigenvalue weighted by atomic mass is 14.7. The van der Waals surface area contributed by atoms with Gasteiger partial charge < -0.3 is 15.0 Å². The van der Waals surface area contributed by atoms with Crippen molar-refractivity contribution < 1.29 is 0 Å². The molecule has 212 valence electrons. The van der Waals surface area contributed by atoms with Crippen LogP contribution in [-0.2, 0) is 0 Å². The van der Waals surface area contributed by atoms with E-state index in [1.807, 2.05) is 66.2 Å². The Morgan fingerprint density at radius 1 is 0.538 bits per heavy atom. The molecule has 0 saturated heterocycles. The van der Waals surface area contributed by atoms with E-state index in [0.29, 0.717) is 0 Å². The van der Waals surface area contributed by atoms with Crippen LogP contribution in [0.5, 0.6) is 0 Å². The largest absolute Gasteiger partial charge is 0.361 e. The van der Waals surface area contributed by atoms with Crippen molar-refractivity contribution in [2.24, 2.45) is 0 Å². The topological polar surface area (TPSA) is 47.4 Å². The zero-order chi connectivity index (χ0) is 29.6. The number of aryl methyl sites for hydroxylation is 3. The van der Waals surface area contributed by atoms with E-state index < -0.39 is 0 Å². The average Bonchev–Trinajstić information content (AvgIpc) is 3.74. The summed E-state index contributed by atoms with van der Waals surface area (Å²) in [5.74, 6) is 0. The Bertz CT molecular complexity index is 1390. The van der Waals surface area contributed by atoms with Gasteiger partial charge in [-0.2, -0.15) is 0 Å². The van der Waals surface area contributed by atoms with Crippen molar-refractivity contribution in [1.29, 1.82) is 0 Å². The van der Waals surface area contributed by atoms with Crippen molar-refractivity contribution in [2.45, 2.75) is 82.6 Å². The molecule has 3 nitrogen and oxygen atoms in total. The third-order valence-corrected chi connectivity index (χ3v) is 5.30. The number of aromatic nitrogens is 3. The summed E-state index contributed by atoms with van der Waals surface area (Å²) < 4.78 is 0. The molecule has 6 aromatic rings.